The van der Waals surface area contributed by atoms with Crippen LogP contribution >= 0.6 is 11.6 Å². The lowest BCUT2D eigenvalue weighted by atomic mass is 10.1. The average molecular weight is 431 g/mol. The van der Waals surface area contributed by atoms with Crippen LogP contribution in [0.5, 0.6) is 11.5 Å². The lowest BCUT2D eigenvalue weighted by Gasteiger charge is -2.12. The van der Waals surface area contributed by atoms with Crippen LogP contribution in [0.25, 0.3) is 6.08 Å². The molecule has 9 heteroatoms. The molecule has 0 spiro atoms. The van der Waals surface area contributed by atoms with E-state index in [1.807, 2.05) is 0 Å². The van der Waals surface area contributed by atoms with E-state index >= 15 is 0 Å². The van der Waals surface area contributed by atoms with Crippen LogP contribution in [0.4, 0.5) is 4.79 Å². The van der Waals surface area contributed by atoms with E-state index in [2.05, 4.69) is 10.1 Å². The molecule has 3 rings (SSSR count). The van der Waals surface area contributed by atoms with Crippen LogP contribution in [-0.4, -0.2) is 43.6 Å². The van der Waals surface area contributed by atoms with Crippen molar-refractivity contribution >= 4 is 35.6 Å². The Bertz CT molecular complexity index is 1000. The number of urea groups is 1. The Labute approximate surface area is 178 Å². The average Bonchev–Trinajstić information content (AvgIpc) is 3.01. The van der Waals surface area contributed by atoms with Crippen molar-refractivity contribution in [3.05, 3.63) is 64.3 Å². The highest BCUT2D eigenvalue weighted by molar-refractivity contribution is 6.30. The number of nitrogens with one attached hydrogen (secondary N) is 1. The molecule has 1 N–H and O–H groups in total. The zero-order chi connectivity index (χ0) is 21.7. The van der Waals surface area contributed by atoms with Gasteiger partial charge in [-0.2, -0.15) is 0 Å². The topological polar surface area (TPSA) is 94.2 Å². The molecule has 1 saturated heterocycles. The van der Waals surface area contributed by atoms with Crippen molar-refractivity contribution in [2.45, 2.75) is 6.54 Å². The number of halogens is 1. The van der Waals surface area contributed by atoms with Crippen molar-refractivity contribution in [1.82, 2.24) is 10.2 Å². The Balaban J connectivity index is 1.76. The first-order valence-electron chi connectivity index (χ1n) is 8.88. The molecule has 0 bridgehead atoms. The summed E-state index contributed by atoms with van der Waals surface area (Å²) in [7, 11) is 2.72. The fraction of sp³-hybridized carbons (Fsp3) is 0.190. The zero-order valence-corrected chi connectivity index (χ0v) is 17.1. The number of esters is 1. The van der Waals surface area contributed by atoms with Gasteiger partial charge in [-0.25, -0.2) is 9.59 Å². The van der Waals surface area contributed by atoms with E-state index in [1.165, 1.54) is 20.3 Å². The van der Waals surface area contributed by atoms with E-state index in [4.69, 9.17) is 21.1 Å². The molecule has 0 atom stereocenters. The predicted molar refractivity (Wildman–Crippen MR) is 109 cm³/mol. The van der Waals surface area contributed by atoms with E-state index in [9.17, 15) is 14.4 Å². The van der Waals surface area contributed by atoms with Crippen molar-refractivity contribution < 1.29 is 28.6 Å². The van der Waals surface area contributed by atoms with E-state index in [1.54, 1.807) is 42.5 Å². The predicted octanol–water partition coefficient (Wildman–Crippen LogP) is 2.99. The molecule has 0 aromatic heterocycles. The Hall–Kier alpha value is -3.52. The van der Waals surface area contributed by atoms with Crippen LogP contribution in [0.15, 0.2) is 48.2 Å². The van der Waals surface area contributed by atoms with Crippen molar-refractivity contribution in [3.63, 3.8) is 0 Å². The zero-order valence-electron chi connectivity index (χ0n) is 16.3. The monoisotopic (exact) mass is 430 g/mol. The maximum Gasteiger partial charge on any atom is 0.343 e. The number of methoxy groups -OCH3 is 2. The molecule has 2 aromatic carbocycles. The summed E-state index contributed by atoms with van der Waals surface area (Å²) in [6.07, 6.45) is 1.54. The Morgan fingerprint density at radius 3 is 2.50 bits per heavy atom. The second-order valence-electron chi connectivity index (χ2n) is 6.28. The van der Waals surface area contributed by atoms with E-state index in [-0.39, 0.29) is 18.8 Å². The molecule has 156 valence electrons. The molecule has 3 amide bonds. The van der Waals surface area contributed by atoms with E-state index in [0.29, 0.717) is 22.1 Å². The van der Waals surface area contributed by atoms with Crippen molar-refractivity contribution in [2.24, 2.45) is 0 Å². The van der Waals surface area contributed by atoms with Gasteiger partial charge in [-0.3, -0.25) is 9.69 Å². The van der Waals surface area contributed by atoms with Crippen LogP contribution in [0.1, 0.15) is 11.1 Å². The number of nitrogens with zero attached hydrogens (tertiary/aromatic N) is 1. The minimum Gasteiger partial charge on any atom is -0.493 e. The highest BCUT2D eigenvalue weighted by Crippen LogP contribution is 2.29. The van der Waals surface area contributed by atoms with Crippen molar-refractivity contribution in [3.8, 4) is 11.5 Å². The quantitative estimate of drug-likeness (QED) is 0.412. The number of benzene rings is 2. The maximum atomic E-state index is 12.7. The molecule has 0 aliphatic carbocycles. The maximum absolute atomic E-state index is 12.7. The summed E-state index contributed by atoms with van der Waals surface area (Å²) in [6, 6.07) is 11.3. The Morgan fingerprint density at radius 1 is 1.10 bits per heavy atom. The summed E-state index contributed by atoms with van der Waals surface area (Å²) in [5, 5.41) is 3.15. The van der Waals surface area contributed by atoms with Gasteiger partial charge < -0.3 is 19.5 Å². The molecule has 0 saturated carbocycles. The molecule has 1 heterocycles. The standard InChI is InChI=1S/C21H19ClN2O6/c1-28-18-10-14(5-8-17(18)30-12-19(25)29-2)9-16-20(26)24(21(27)23-16)11-13-3-6-15(22)7-4-13/h3-10H,11-12H2,1-2H3,(H,23,27)/b16-9-. The first-order valence-corrected chi connectivity index (χ1v) is 9.25. The minimum atomic E-state index is -0.525. The third-order valence-electron chi connectivity index (χ3n) is 4.29. The number of imide groups is 1. The van der Waals surface area contributed by atoms with E-state index in [0.717, 1.165) is 10.5 Å². The van der Waals surface area contributed by atoms with Gasteiger partial charge in [0.2, 0.25) is 0 Å². The van der Waals surface area contributed by atoms with Crippen LogP contribution in [0.3, 0.4) is 0 Å². The van der Waals surface area contributed by atoms with Gasteiger partial charge in [-0.1, -0.05) is 29.8 Å². The third-order valence-corrected chi connectivity index (χ3v) is 4.54. The van der Waals surface area contributed by atoms with Crippen LogP contribution in [0.2, 0.25) is 5.02 Å². The molecule has 0 radical (unpaired) electrons. The number of hydrogen-bond donors (Lipinski definition) is 1. The van der Waals surface area contributed by atoms with Gasteiger partial charge in [0.1, 0.15) is 5.70 Å². The SMILES string of the molecule is COC(=O)COc1ccc(/C=C2\NC(=O)N(Cc3ccc(Cl)cc3)C2=O)cc1OC. The lowest BCUT2D eigenvalue weighted by Crippen LogP contribution is -2.30. The number of carbonyl (C=O) groups excluding carboxylic acids is 3. The molecule has 30 heavy (non-hydrogen) atoms. The summed E-state index contributed by atoms with van der Waals surface area (Å²) < 4.78 is 15.2. The summed E-state index contributed by atoms with van der Waals surface area (Å²) in [4.78, 5) is 37.3. The van der Waals surface area contributed by atoms with Gasteiger partial charge in [0.05, 0.1) is 20.8 Å². The summed E-state index contributed by atoms with van der Waals surface area (Å²) in [5.74, 6) is -0.262. The number of hydrogen-bond acceptors (Lipinski definition) is 6. The molecule has 0 unspecified atom stereocenters. The smallest absolute Gasteiger partial charge is 0.343 e. The van der Waals surface area contributed by atoms with Gasteiger partial charge in [-0.05, 0) is 41.5 Å². The highest BCUT2D eigenvalue weighted by Gasteiger charge is 2.33. The summed E-state index contributed by atoms with van der Waals surface area (Å²) in [5.41, 5.74) is 1.52. The molecule has 2 aromatic rings. The normalized spacial score (nSPS) is 14.6. The minimum absolute atomic E-state index is 0.128. The van der Waals surface area contributed by atoms with Gasteiger partial charge in [0.25, 0.3) is 5.91 Å². The number of amides is 3. The fourth-order valence-electron chi connectivity index (χ4n) is 2.74. The first kappa shape index (κ1) is 21.2. The molecule has 1 aliphatic heterocycles. The number of ether oxygens (including phenoxy) is 3. The molecular weight excluding hydrogens is 412 g/mol. The van der Waals surface area contributed by atoms with Gasteiger partial charge in [0.15, 0.2) is 18.1 Å². The summed E-state index contributed by atoms with van der Waals surface area (Å²) >= 11 is 5.87. The highest BCUT2D eigenvalue weighted by atomic mass is 35.5. The molecule has 1 fully saturated rings. The van der Waals surface area contributed by atoms with Gasteiger partial charge in [-0.15, -0.1) is 0 Å². The van der Waals surface area contributed by atoms with Gasteiger partial charge >= 0.3 is 12.0 Å². The molecule has 8 nitrogen and oxygen atoms in total. The fourth-order valence-corrected chi connectivity index (χ4v) is 2.87. The van der Waals surface area contributed by atoms with Crippen LogP contribution < -0.4 is 14.8 Å². The van der Waals surface area contributed by atoms with Crippen molar-refractivity contribution in [1.29, 1.82) is 0 Å². The second-order valence-corrected chi connectivity index (χ2v) is 6.72. The Kier molecular flexibility index (Phi) is 6.58. The Morgan fingerprint density at radius 2 is 1.83 bits per heavy atom. The first-order chi connectivity index (χ1) is 14.4. The van der Waals surface area contributed by atoms with Gasteiger partial charge in [0, 0.05) is 5.02 Å². The summed E-state index contributed by atoms with van der Waals surface area (Å²) in [6.45, 7) is -0.135. The van der Waals surface area contributed by atoms with Crippen LogP contribution in [0, 0.1) is 0 Å². The largest absolute Gasteiger partial charge is 0.493 e. The lowest BCUT2D eigenvalue weighted by molar-refractivity contribution is -0.142. The second kappa shape index (κ2) is 9.32. The van der Waals surface area contributed by atoms with E-state index < -0.39 is 17.9 Å². The van der Waals surface area contributed by atoms with Crippen LogP contribution in [-0.2, 0) is 20.9 Å². The third kappa shape index (κ3) is 4.90. The molecule has 1 aliphatic rings. The van der Waals surface area contributed by atoms with Crippen molar-refractivity contribution in [2.75, 3.05) is 20.8 Å². The number of rotatable bonds is 7. The molecular formula is C21H19ClN2O6. The number of carbonyl (C=O) groups is 3.